The Kier molecular flexibility index (Phi) is 5.82. The van der Waals surface area contributed by atoms with Crippen LogP contribution in [0.5, 0.6) is 5.75 Å². The molecule has 26 heavy (non-hydrogen) atoms. The zero-order valence-corrected chi connectivity index (χ0v) is 15.6. The van der Waals surface area contributed by atoms with Crippen molar-refractivity contribution >= 4 is 15.7 Å². The van der Waals surface area contributed by atoms with Crippen LogP contribution in [0, 0.1) is 11.3 Å². The number of sulfone groups is 1. The predicted molar refractivity (Wildman–Crippen MR) is 97.4 cm³/mol. The molecule has 0 radical (unpaired) electrons. The average molecular weight is 376 g/mol. The Hall–Kier alpha value is -2.07. The summed E-state index contributed by atoms with van der Waals surface area (Å²) < 4.78 is 29.4. The summed E-state index contributed by atoms with van der Waals surface area (Å²) in [5, 5.41) is 9.13. The second kappa shape index (κ2) is 8.09. The average Bonchev–Trinajstić information content (AvgIpc) is 3.00. The van der Waals surface area contributed by atoms with Gasteiger partial charge >= 0.3 is 0 Å². The number of benzene rings is 1. The second-order valence-corrected chi connectivity index (χ2v) is 9.28. The van der Waals surface area contributed by atoms with E-state index in [1.165, 1.54) is 0 Å². The van der Waals surface area contributed by atoms with Crippen LogP contribution in [0.15, 0.2) is 24.3 Å². The number of nitriles is 1. The summed E-state index contributed by atoms with van der Waals surface area (Å²) in [6, 6.07) is 8.68. The molecule has 0 spiro atoms. The van der Waals surface area contributed by atoms with E-state index in [0.717, 1.165) is 32.1 Å². The van der Waals surface area contributed by atoms with Crippen molar-refractivity contribution in [2.75, 3.05) is 18.1 Å². The highest BCUT2D eigenvalue weighted by Gasteiger charge is 2.38. The van der Waals surface area contributed by atoms with Crippen LogP contribution in [0.2, 0.25) is 0 Å². The number of nitrogens with zero attached hydrogens (tertiary/aromatic N) is 2. The minimum absolute atomic E-state index is 0.0457. The van der Waals surface area contributed by atoms with Crippen LogP contribution in [-0.4, -0.2) is 49.4 Å². The van der Waals surface area contributed by atoms with Crippen molar-refractivity contribution in [2.24, 2.45) is 0 Å². The summed E-state index contributed by atoms with van der Waals surface area (Å²) >= 11 is 0. The fourth-order valence-corrected chi connectivity index (χ4v) is 5.67. The number of carbonyl (C=O) groups is 1. The number of hydrogen-bond donors (Lipinski definition) is 0. The zero-order valence-electron chi connectivity index (χ0n) is 14.8. The number of carbonyl (C=O) groups excluding carboxylic acids is 1. The number of hydrogen-bond acceptors (Lipinski definition) is 5. The van der Waals surface area contributed by atoms with Gasteiger partial charge in [0.1, 0.15) is 11.8 Å². The van der Waals surface area contributed by atoms with E-state index < -0.39 is 9.84 Å². The molecule has 3 rings (SSSR count). The van der Waals surface area contributed by atoms with Crippen LogP contribution in [0.1, 0.15) is 44.1 Å². The third kappa shape index (κ3) is 4.36. The Morgan fingerprint density at radius 1 is 1.15 bits per heavy atom. The Bertz CT molecular complexity index is 794. The molecule has 1 aromatic rings. The van der Waals surface area contributed by atoms with E-state index in [9.17, 15) is 13.2 Å². The number of amides is 1. The van der Waals surface area contributed by atoms with Crippen molar-refractivity contribution in [3.8, 4) is 11.8 Å². The highest BCUT2D eigenvalue weighted by Crippen LogP contribution is 2.28. The van der Waals surface area contributed by atoms with E-state index in [-0.39, 0.29) is 36.1 Å². The van der Waals surface area contributed by atoms with E-state index >= 15 is 0 Å². The smallest absolute Gasteiger partial charge is 0.261 e. The molecule has 7 heteroatoms. The molecule has 1 saturated carbocycles. The Morgan fingerprint density at radius 2 is 1.88 bits per heavy atom. The van der Waals surface area contributed by atoms with E-state index in [0.29, 0.717) is 17.7 Å². The van der Waals surface area contributed by atoms with Crippen LogP contribution >= 0.6 is 0 Å². The molecule has 1 aromatic carbocycles. The lowest BCUT2D eigenvalue weighted by molar-refractivity contribution is -0.138. The van der Waals surface area contributed by atoms with Crippen LogP contribution in [-0.2, 0) is 14.6 Å². The third-order valence-corrected chi connectivity index (χ3v) is 6.97. The molecule has 0 unspecified atom stereocenters. The maximum atomic E-state index is 12.9. The summed E-state index contributed by atoms with van der Waals surface area (Å²) in [5.74, 6) is 0.383. The van der Waals surface area contributed by atoms with Crippen molar-refractivity contribution in [1.82, 2.24) is 4.90 Å². The van der Waals surface area contributed by atoms with Gasteiger partial charge in [-0.2, -0.15) is 5.26 Å². The molecule has 0 aromatic heterocycles. The first-order chi connectivity index (χ1) is 12.5. The summed E-state index contributed by atoms with van der Waals surface area (Å²) in [7, 11) is -3.07. The predicted octanol–water partition coefficient (Wildman–Crippen LogP) is 2.29. The molecule has 0 bridgehead atoms. The van der Waals surface area contributed by atoms with Crippen molar-refractivity contribution in [3.05, 3.63) is 29.8 Å². The maximum absolute atomic E-state index is 12.9. The molecule has 1 amide bonds. The molecule has 1 aliphatic heterocycles. The van der Waals surface area contributed by atoms with Gasteiger partial charge in [-0.15, -0.1) is 0 Å². The highest BCUT2D eigenvalue weighted by atomic mass is 32.2. The summed E-state index contributed by atoms with van der Waals surface area (Å²) in [4.78, 5) is 14.7. The highest BCUT2D eigenvalue weighted by molar-refractivity contribution is 7.91. The molecule has 2 fully saturated rings. The lowest BCUT2D eigenvalue weighted by Gasteiger charge is -2.38. The van der Waals surface area contributed by atoms with Crippen molar-refractivity contribution < 1.29 is 17.9 Å². The van der Waals surface area contributed by atoms with Crippen molar-refractivity contribution in [2.45, 2.75) is 50.6 Å². The lowest BCUT2D eigenvalue weighted by Crippen LogP contribution is -2.50. The van der Waals surface area contributed by atoms with E-state index in [1.807, 2.05) is 6.07 Å². The molecule has 140 valence electrons. The number of ether oxygens (including phenoxy) is 1. The van der Waals surface area contributed by atoms with E-state index in [2.05, 4.69) is 0 Å². The second-order valence-electron chi connectivity index (χ2n) is 7.05. The zero-order chi connectivity index (χ0) is 18.6. The standard InChI is InChI=1S/C19H24N2O4S/c20-12-15-6-4-5-9-18(15)25-13-19(22)21(16-7-2-1-3-8-16)17-10-11-26(23,24)14-17/h4-6,9,16-17H,1-3,7-8,10-11,13-14H2/t17-/m0/s1. The van der Waals surface area contributed by atoms with Gasteiger partial charge in [0.25, 0.3) is 5.91 Å². The van der Waals surface area contributed by atoms with Gasteiger partial charge in [0.05, 0.1) is 17.1 Å². The van der Waals surface area contributed by atoms with Gasteiger partial charge in [0, 0.05) is 12.1 Å². The number of para-hydroxylation sites is 1. The van der Waals surface area contributed by atoms with Crippen LogP contribution in [0.25, 0.3) is 0 Å². The molecule has 0 N–H and O–H groups in total. The molecule has 1 aliphatic carbocycles. The molecule has 2 aliphatic rings. The van der Waals surface area contributed by atoms with Gasteiger partial charge < -0.3 is 9.64 Å². The molecule has 1 heterocycles. The fraction of sp³-hybridized carbons (Fsp3) is 0.579. The Balaban J connectivity index is 1.73. The number of rotatable bonds is 5. The van der Waals surface area contributed by atoms with Gasteiger partial charge in [-0.05, 0) is 31.4 Å². The fourth-order valence-electron chi connectivity index (χ4n) is 3.96. The lowest BCUT2D eigenvalue weighted by atomic mass is 9.93. The minimum Gasteiger partial charge on any atom is -0.482 e. The maximum Gasteiger partial charge on any atom is 0.261 e. The van der Waals surface area contributed by atoms with Gasteiger partial charge in [-0.25, -0.2) is 8.42 Å². The summed E-state index contributed by atoms with van der Waals surface area (Å²) in [5.41, 5.74) is 0.382. The summed E-state index contributed by atoms with van der Waals surface area (Å²) in [6.07, 6.45) is 5.61. The molecule has 6 nitrogen and oxygen atoms in total. The molecule has 1 saturated heterocycles. The first-order valence-electron chi connectivity index (χ1n) is 9.14. The van der Waals surface area contributed by atoms with Crippen LogP contribution in [0.4, 0.5) is 0 Å². The van der Waals surface area contributed by atoms with Gasteiger partial charge in [0.2, 0.25) is 0 Å². The largest absolute Gasteiger partial charge is 0.482 e. The summed E-state index contributed by atoms with van der Waals surface area (Å²) in [6.45, 7) is -0.175. The Morgan fingerprint density at radius 3 is 2.54 bits per heavy atom. The quantitative estimate of drug-likeness (QED) is 0.787. The first kappa shape index (κ1) is 18.7. The Labute approximate surface area is 154 Å². The SMILES string of the molecule is N#Cc1ccccc1OCC(=O)N(C1CCCCC1)[C@H]1CCS(=O)(=O)C1. The van der Waals surface area contributed by atoms with Crippen molar-refractivity contribution in [3.63, 3.8) is 0 Å². The monoisotopic (exact) mass is 376 g/mol. The van der Waals surface area contributed by atoms with Crippen molar-refractivity contribution in [1.29, 1.82) is 5.26 Å². The van der Waals surface area contributed by atoms with Gasteiger partial charge in [-0.3, -0.25) is 4.79 Å². The normalized spacial score (nSPS) is 22.5. The van der Waals surface area contributed by atoms with Gasteiger partial charge in [0.15, 0.2) is 16.4 Å². The first-order valence-corrected chi connectivity index (χ1v) is 11.0. The van der Waals surface area contributed by atoms with Crippen LogP contribution in [0.3, 0.4) is 0 Å². The van der Waals surface area contributed by atoms with Gasteiger partial charge in [-0.1, -0.05) is 31.4 Å². The van der Waals surface area contributed by atoms with Crippen LogP contribution < -0.4 is 4.74 Å². The third-order valence-electron chi connectivity index (χ3n) is 5.22. The molecule has 1 atom stereocenters. The minimum atomic E-state index is -3.07. The molecular weight excluding hydrogens is 352 g/mol. The topological polar surface area (TPSA) is 87.5 Å². The van der Waals surface area contributed by atoms with E-state index in [1.54, 1.807) is 29.2 Å². The molecular formula is C19H24N2O4S. The van der Waals surface area contributed by atoms with E-state index in [4.69, 9.17) is 10.00 Å².